The standard InChI is InChI=1S/C14H20N2O2/c1-11(2)8-13(17)16-10-14(18)15-9-12-6-4-3-5-7-12/h3-7,11H,8-10H2,1-2H3,(H,15,18)(H,16,17). The minimum absolute atomic E-state index is 0.0401. The summed E-state index contributed by atoms with van der Waals surface area (Å²) in [5.41, 5.74) is 1.04. The van der Waals surface area contributed by atoms with Crippen molar-refractivity contribution in [3.63, 3.8) is 0 Å². The number of hydrogen-bond acceptors (Lipinski definition) is 2. The van der Waals surface area contributed by atoms with Gasteiger partial charge in [0.1, 0.15) is 0 Å². The van der Waals surface area contributed by atoms with Crippen molar-refractivity contribution in [3.05, 3.63) is 35.9 Å². The molecule has 1 aromatic carbocycles. The zero-order valence-corrected chi connectivity index (χ0v) is 10.9. The molecular weight excluding hydrogens is 228 g/mol. The first-order valence-electron chi connectivity index (χ1n) is 6.15. The number of carbonyl (C=O) groups is 2. The van der Waals surface area contributed by atoms with Crippen LogP contribution in [0.5, 0.6) is 0 Å². The van der Waals surface area contributed by atoms with Crippen LogP contribution in [0.25, 0.3) is 0 Å². The van der Waals surface area contributed by atoms with Crippen LogP contribution < -0.4 is 10.6 Å². The summed E-state index contributed by atoms with van der Waals surface area (Å²) in [5.74, 6) is 0.0493. The maximum Gasteiger partial charge on any atom is 0.239 e. The maximum absolute atomic E-state index is 11.5. The van der Waals surface area contributed by atoms with Gasteiger partial charge in [0, 0.05) is 13.0 Å². The molecule has 0 saturated heterocycles. The van der Waals surface area contributed by atoms with Crippen LogP contribution in [0, 0.1) is 5.92 Å². The van der Waals surface area contributed by atoms with E-state index >= 15 is 0 Å². The highest BCUT2D eigenvalue weighted by Gasteiger charge is 2.06. The molecule has 0 bridgehead atoms. The highest BCUT2D eigenvalue weighted by molar-refractivity contribution is 5.84. The van der Waals surface area contributed by atoms with Crippen molar-refractivity contribution < 1.29 is 9.59 Å². The minimum Gasteiger partial charge on any atom is -0.350 e. The first-order chi connectivity index (χ1) is 8.58. The number of amides is 2. The molecule has 0 saturated carbocycles. The Morgan fingerprint density at radius 1 is 1.06 bits per heavy atom. The second-order valence-electron chi connectivity index (χ2n) is 4.64. The quantitative estimate of drug-likeness (QED) is 0.801. The molecule has 0 aliphatic carbocycles. The van der Waals surface area contributed by atoms with Crippen LogP contribution in [0.3, 0.4) is 0 Å². The smallest absolute Gasteiger partial charge is 0.239 e. The number of hydrogen-bond donors (Lipinski definition) is 2. The topological polar surface area (TPSA) is 58.2 Å². The fourth-order valence-electron chi connectivity index (χ4n) is 1.48. The van der Waals surface area contributed by atoms with Crippen molar-refractivity contribution in [1.82, 2.24) is 10.6 Å². The SMILES string of the molecule is CC(C)CC(=O)NCC(=O)NCc1ccccc1. The van der Waals surface area contributed by atoms with Crippen molar-refractivity contribution in [2.45, 2.75) is 26.8 Å². The molecule has 0 heterocycles. The van der Waals surface area contributed by atoms with Gasteiger partial charge in [-0.25, -0.2) is 0 Å². The fraction of sp³-hybridized carbons (Fsp3) is 0.429. The van der Waals surface area contributed by atoms with Crippen LogP contribution in [-0.4, -0.2) is 18.4 Å². The van der Waals surface area contributed by atoms with E-state index in [-0.39, 0.29) is 18.4 Å². The van der Waals surface area contributed by atoms with Crippen LogP contribution >= 0.6 is 0 Å². The Bertz CT molecular complexity index is 388. The molecule has 4 nitrogen and oxygen atoms in total. The van der Waals surface area contributed by atoms with E-state index in [1.165, 1.54) is 0 Å². The lowest BCUT2D eigenvalue weighted by atomic mass is 10.1. The fourth-order valence-corrected chi connectivity index (χ4v) is 1.48. The van der Waals surface area contributed by atoms with Gasteiger partial charge < -0.3 is 10.6 Å². The van der Waals surface area contributed by atoms with Gasteiger partial charge in [0.25, 0.3) is 0 Å². The summed E-state index contributed by atoms with van der Waals surface area (Å²) < 4.78 is 0. The third-order valence-corrected chi connectivity index (χ3v) is 2.37. The Balaban J connectivity index is 2.20. The Hall–Kier alpha value is -1.84. The van der Waals surface area contributed by atoms with Crippen molar-refractivity contribution >= 4 is 11.8 Å². The van der Waals surface area contributed by atoms with Gasteiger partial charge in [0.05, 0.1) is 6.54 Å². The van der Waals surface area contributed by atoms with E-state index in [0.29, 0.717) is 18.9 Å². The summed E-state index contributed by atoms with van der Waals surface area (Å²) >= 11 is 0. The van der Waals surface area contributed by atoms with E-state index in [2.05, 4.69) is 10.6 Å². The highest BCUT2D eigenvalue weighted by atomic mass is 16.2. The molecule has 18 heavy (non-hydrogen) atoms. The summed E-state index contributed by atoms with van der Waals surface area (Å²) in [5, 5.41) is 5.35. The normalized spacial score (nSPS) is 10.2. The minimum atomic E-state index is -0.170. The first kappa shape index (κ1) is 14.2. The molecule has 0 unspecified atom stereocenters. The third kappa shape index (κ3) is 6.03. The summed E-state index contributed by atoms with van der Waals surface area (Å²) in [6, 6.07) is 9.66. The number of benzene rings is 1. The molecule has 1 rings (SSSR count). The highest BCUT2D eigenvalue weighted by Crippen LogP contribution is 1.98. The summed E-state index contributed by atoms with van der Waals surface area (Å²) in [7, 11) is 0. The van der Waals surface area contributed by atoms with Crippen LogP contribution in [-0.2, 0) is 16.1 Å². The molecule has 4 heteroatoms. The summed E-state index contributed by atoms with van der Waals surface area (Å²) in [4.78, 5) is 22.8. The lowest BCUT2D eigenvalue weighted by Crippen LogP contribution is -2.36. The van der Waals surface area contributed by atoms with Crippen molar-refractivity contribution in [1.29, 1.82) is 0 Å². The van der Waals surface area contributed by atoms with E-state index in [9.17, 15) is 9.59 Å². The summed E-state index contributed by atoms with van der Waals surface area (Å²) in [6.45, 7) is 4.46. The van der Waals surface area contributed by atoms with Gasteiger partial charge >= 0.3 is 0 Å². The van der Waals surface area contributed by atoms with Gasteiger partial charge in [-0.3, -0.25) is 9.59 Å². The predicted octanol–water partition coefficient (Wildman–Crippen LogP) is 1.47. The molecule has 0 aromatic heterocycles. The number of carbonyl (C=O) groups excluding carboxylic acids is 2. The Labute approximate surface area is 108 Å². The van der Waals surface area contributed by atoms with Gasteiger partial charge in [0.15, 0.2) is 0 Å². The molecule has 1 aromatic rings. The molecule has 0 aliphatic heterocycles. The zero-order valence-electron chi connectivity index (χ0n) is 10.9. The molecule has 2 amide bonds. The first-order valence-corrected chi connectivity index (χ1v) is 6.15. The van der Waals surface area contributed by atoms with Crippen LogP contribution in [0.15, 0.2) is 30.3 Å². The summed E-state index contributed by atoms with van der Waals surface area (Å²) in [6.07, 6.45) is 0.450. The second kappa shape index (κ2) is 7.48. The molecule has 0 atom stereocenters. The van der Waals surface area contributed by atoms with Crippen LogP contribution in [0.2, 0.25) is 0 Å². The largest absolute Gasteiger partial charge is 0.350 e. The molecule has 2 N–H and O–H groups in total. The van der Waals surface area contributed by atoms with Gasteiger partial charge in [-0.1, -0.05) is 44.2 Å². The van der Waals surface area contributed by atoms with E-state index in [1.54, 1.807) is 0 Å². The van der Waals surface area contributed by atoms with Crippen molar-refractivity contribution in [2.75, 3.05) is 6.54 Å². The average Bonchev–Trinajstić information content (AvgIpc) is 2.34. The molecule has 0 spiro atoms. The zero-order chi connectivity index (χ0) is 13.4. The molecular formula is C14H20N2O2. The van der Waals surface area contributed by atoms with Gasteiger partial charge in [-0.15, -0.1) is 0 Å². The van der Waals surface area contributed by atoms with Crippen molar-refractivity contribution in [2.24, 2.45) is 5.92 Å². The van der Waals surface area contributed by atoms with E-state index < -0.39 is 0 Å². The average molecular weight is 248 g/mol. The maximum atomic E-state index is 11.5. The lowest BCUT2D eigenvalue weighted by molar-refractivity contribution is -0.126. The molecule has 0 radical (unpaired) electrons. The Kier molecular flexibility index (Phi) is 5.91. The van der Waals surface area contributed by atoms with E-state index in [4.69, 9.17) is 0 Å². The predicted molar refractivity (Wildman–Crippen MR) is 70.8 cm³/mol. The van der Waals surface area contributed by atoms with Crippen LogP contribution in [0.1, 0.15) is 25.8 Å². The number of rotatable bonds is 6. The lowest BCUT2D eigenvalue weighted by Gasteiger charge is -2.08. The van der Waals surface area contributed by atoms with Crippen LogP contribution in [0.4, 0.5) is 0 Å². The van der Waals surface area contributed by atoms with E-state index in [1.807, 2.05) is 44.2 Å². The van der Waals surface area contributed by atoms with E-state index in [0.717, 1.165) is 5.56 Å². The number of nitrogens with one attached hydrogen (secondary N) is 2. The Morgan fingerprint density at radius 3 is 2.33 bits per heavy atom. The Morgan fingerprint density at radius 2 is 1.72 bits per heavy atom. The van der Waals surface area contributed by atoms with Gasteiger partial charge in [0.2, 0.25) is 11.8 Å². The molecule has 98 valence electrons. The molecule has 0 aliphatic rings. The molecule has 0 fully saturated rings. The third-order valence-electron chi connectivity index (χ3n) is 2.37. The second-order valence-corrected chi connectivity index (χ2v) is 4.64. The van der Waals surface area contributed by atoms with Crippen molar-refractivity contribution in [3.8, 4) is 0 Å². The monoisotopic (exact) mass is 248 g/mol. The van der Waals surface area contributed by atoms with Gasteiger partial charge in [-0.05, 0) is 11.5 Å². The van der Waals surface area contributed by atoms with Gasteiger partial charge in [-0.2, -0.15) is 0 Å².